The first kappa shape index (κ1) is 17.3. The summed E-state index contributed by atoms with van der Waals surface area (Å²) in [5.74, 6) is 2.17. The molecule has 0 aliphatic heterocycles. The van der Waals surface area contributed by atoms with Crippen molar-refractivity contribution >= 4 is 17.7 Å². The molecule has 0 aliphatic rings. The number of alkyl halides is 1. The molecule has 1 aromatic heterocycles. The van der Waals surface area contributed by atoms with Gasteiger partial charge in [0.1, 0.15) is 23.8 Å². The molecule has 1 unspecified atom stereocenters. The highest BCUT2D eigenvalue weighted by Gasteiger charge is 2.11. The van der Waals surface area contributed by atoms with Gasteiger partial charge in [0.15, 0.2) is 0 Å². The Labute approximate surface area is 152 Å². The van der Waals surface area contributed by atoms with E-state index in [2.05, 4.69) is 4.98 Å². The highest BCUT2D eigenvalue weighted by Crippen LogP contribution is 2.23. The van der Waals surface area contributed by atoms with Crippen LogP contribution in [0.15, 0.2) is 65.1 Å². The molecule has 0 aliphatic carbocycles. The van der Waals surface area contributed by atoms with Crippen molar-refractivity contribution in [1.82, 2.24) is 4.98 Å². The zero-order valence-electron chi connectivity index (χ0n) is 14.3. The van der Waals surface area contributed by atoms with Gasteiger partial charge in [0, 0.05) is 10.9 Å². The quantitative estimate of drug-likeness (QED) is 0.520. The smallest absolute Gasteiger partial charge is 0.226 e. The Kier molecular flexibility index (Phi) is 5.56. The van der Waals surface area contributed by atoms with Gasteiger partial charge in [0.2, 0.25) is 5.89 Å². The van der Waals surface area contributed by atoms with E-state index in [0.29, 0.717) is 12.5 Å². The summed E-state index contributed by atoms with van der Waals surface area (Å²) in [6.07, 6.45) is 3.92. The summed E-state index contributed by atoms with van der Waals surface area (Å²) in [5.41, 5.74) is 2.81. The second-order valence-electron chi connectivity index (χ2n) is 5.79. The molecule has 0 amide bonds. The van der Waals surface area contributed by atoms with Gasteiger partial charge in [-0.3, -0.25) is 0 Å². The molecule has 2 aromatic carbocycles. The fourth-order valence-electron chi connectivity index (χ4n) is 2.37. The van der Waals surface area contributed by atoms with Crippen LogP contribution in [0, 0.1) is 6.92 Å². The van der Waals surface area contributed by atoms with Gasteiger partial charge in [-0.15, -0.1) is 11.6 Å². The van der Waals surface area contributed by atoms with Crippen molar-refractivity contribution in [1.29, 1.82) is 0 Å². The van der Waals surface area contributed by atoms with Gasteiger partial charge in [-0.1, -0.05) is 42.5 Å². The fraction of sp³-hybridized carbons (Fsp3) is 0.190. The second-order valence-corrected chi connectivity index (χ2v) is 6.47. The van der Waals surface area contributed by atoms with Gasteiger partial charge in [0.05, 0.1) is 0 Å². The van der Waals surface area contributed by atoms with Crippen LogP contribution in [0.2, 0.25) is 0 Å². The second kappa shape index (κ2) is 8.04. The molecule has 1 atom stereocenters. The molecule has 128 valence electrons. The minimum Gasteiger partial charge on any atom is -0.487 e. The summed E-state index contributed by atoms with van der Waals surface area (Å²) < 4.78 is 11.6. The standard InChI is InChI=1S/C21H20ClNO2/c1-15(22)11-12-17-7-6-10-19(13-17)24-14-20-16(2)25-21(23-20)18-8-4-3-5-9-18/h3-13,15H,14H2,1-2H3. The van der Waals surface area contributed by atoms with Crippen LogP contribution in [-0.4, -0.2) is 10.4 Å². The van der Waals surface area contributed by atoms with Crippen LogP contribution < -0.4 is 4.74 Å². The summed E-state index contributed by atoms with van der Waals surface area (Å²) in [4.78, 5) is 4.55. The van der Waals surface area contributed by atoms with Gasteiger partial charge in [0.25, 0.3) is 0 Å². The van der Waals surface area contributed by atoms with Crippen molar-refractivity contribution in [2.45, 2.75) is 25.8 Å². The van der Waals surface area contributed by atoms with E-state index >= 15 is 0 Å². The normalized spacial score (nSPS) is 12.4. The highest BCUT2D eigenvalue weighted by atomic mass is 35.5. The lowest BCUT2D eigenvalue weighted by Gasteiger charge is -2.05. The third kappa shape index (κ3) is 4.74. The molecular formula is C21H20ClNO2. The number of hydrogen-bond donors (Lipinski definition) is 0. The molecule has 0 saturated carbocycles. The summed E-state index contributed by atoms with van der Waals surface area (Å²) in [6, 6.07) is 17.7. The van der Waals surface area contributed by atoms with Crippen LogP contribution in [-0.2, 0) is 6.61 Å². The molecule has 1 heterocycles. The van der Waals surface area contributed by atoms with Crippen LogP contribution in [0.5, 0.6) is 5.75 Å². The van der Waals surface area contributed by atoms with E-state index in [9.17, 15) is 0 Å². The molecule has 25 heavy (non-hydrogen) atoms. The summed E-state index contributed by atoms with van der Waals surface area (Å²) in [7, 11) is 0. The van der Waals surface area contributed by atoms with E-state index in [1.54, 1.807) is 0 Å². The molecular weight excluding hydrogens is 334 g/mol. The van der Waals surface area contributed by atoms with Crippen molar-refractivity contribution in [2.75, 3.05) is 0 Å². The third-order valence-corrected chi connectivity index (χ3v) is 3.85. The maximum Gasteiger partial charge on any atom is 0.226 e. The summed E-state index contributed by atoms with van der Waals surface area (Å²) in [6.45, 7) is 4.19. The minimum absolute atomic E-state index is 0.00115. The molecule has 4 heteroatoms. The molecule has 0 radical (unpaired) electrons. The van der Waals surface area contributed by atoms with Gasteiger partial charge in [-0.25, -0.2) is 4.98 Å². The minimum atomic E-state index is -0.00115. The van der Waals surface area contributed by atoms with Crippen LogP contribution in [0.3, 0.4) is 0 Å². The average molecular weight is 354 g/mol. The summed E-state index contributed by atoms with van der Waals surface area (Å²) >= 11 is 5.94. The molecule has 3 nitrogen and oxygen atoms in total. The van der Waals surface area contributed by atoms with Crippen molar-refractivity contribution in [3.8, 4) is 17.2 Å². The molecule has 0 spiro atoms. The van der Waals surface area contributed by atoms with E-state index in [4.69, 9.17) is 20.8 Å². The predicted octanol–water partition coefficient (Wildman–Crippen LogP) is 5.87. The van der Waals surface area contributed by atoms with E-state index in [0.717, 1.165) is 28.3 Å². The SMILES string of the molecule is Cc1oc(-c2ccccc2)nc1COc1cccc(C=CC(C)Cl)c1. The lowest BCUT2D eigenvalue weighted by Crippen LogP contribution is -1.97. The van der Waals surface area contributed by atoms with Crippen LogP contribution in [0.4, 0.5) is 0 Å². The molecule has 0 N–H and O–H groups in total. The average Bonchev–Trinajstić information content (AvgIpc) is 3.00. The first-order valence-corrected chi connectivity index (χ1v) is 8.62. The van der Waals surface area contributed by atoms with Crippen LogP contribution in [0.1, 0.15) is 23.9 Å². The third-order valence-electron chi connectivity index (χ3n) is 3.70. The summed E-state index contributed by atoms with van der Waals surface area (Å²) in [5, 5.41) is -0.00115. The van der Waals surface area contributed by atoms with E-state index in [1.807, 2.05) is 80.6 Å². The van der Waals surface area contributed by atoms with E-state index in [1.165, 1.54) is 0 Å². The van der Waals surface area contributed by atoms with Crippen molar-refractivity contribution < 1.29 is 9.15 Å². The first-order chi connectivity index (χ1) is 12.1. The van der Waals surface area contributed by atoms with Crippen LogP contribution >= 0.6 is 11.6 Å². The number of aryl methyl sites for hydroxylation is 1. The fourth-order valence-corrected chi connectivity index (χ4v) is 2.44. The number of hydrogen-bond acceptors (Lipinski definition) is 3. The molecule has 3 aromatic rings. The maximum absolute atomic E-state index is 5.94. The number of nitrogens with zero attached hydrogens (tertiary/aromatic N) is 1. The van der Waals surface area contributed by atoms with Gasteiger partial charge in [-0.05, 0) is 43.7 Å². The van der Waals surface area contributed by atoms with E-state index in [-0.39, 0.29) is 5.38 Å². The van der Waals surface area contributed by atoms with Gasteiger partial charge < -0.3 is 9.15 Å². The Bertz CT molecular complexity index is 853. The number of halogens is 1. The Morgan fingerprint density at radius 2 is 1.96 bits per heavy atom. The highest BCUT2D eigenvalue weighted by molar-refractivity contribution is 6.21. The Balaban J connectivity index is 1.70. The zero-order chi connectivity index (χ0) is 17.6. The predicted molar refractivity (Wildman–Crippen MR) is 102 cm³/mol. The van der Waals surface area contributed by atoms with Crippen molar-refractivity contribution in [3.63, 3.8) is 0 Å². The Hall–Kier alpha value is -2.52. The lowest BCUT2D eigenvalue weighted by atomic mass is 10.2. The lowest BCUT2D eigenvalue weighted by molar-refractivity contribution is 0.299. The number of aromatic nitrogens is 1. The number of allylic oxidation sites excluding steroid dienone is 1. The Morgan fingerprint density at radius 3 is 2.72 bits per heavy atom. The number of rotatable bonds is 6. The van der Waals surface area contributed by atoms with Crippen molar-refractivity contribution in [2.24, 2.45) is 0 Å². The molecule has 0 saturated heterocycles. The number of ether oxygens (including phenoxy) is 1. The Morgan fingerprint density at radius 1 is 1.16 bits per heavy atom. The van der Waals surface area contributed by atoms with Crippen molar-refractivity contribution in [3.05, 3.63) is 77.7 Å². The van der Waals surface area contributed by atoms with E-state index < -0.39 is 0 Å². The maximum atomic E-state index is 5.94. The van der Waals surface area contributed by atoms with Gasteiger partial charge >= 0.3 is 0 Å². The molecule has 0 fully saturated rings. The zero-order valence-corrected chi connectivity index (χ0v) is 15.0. The van der Waals surface area contributed by atoms with Crippen LogP contribution in [0.25, 0.3) is 17.5 Å². The topological polar surface area (TPSA) is 35.3 Å². The molecule has 3 rings (SSSR count). The number of oxazole rings is 1. The van der Waals surface area contributed by atoms with Gasteiger partial charge in [-0.2, -0.15) is 0 Å². The largest absolute Gasteiger partial charge is 0.487 e. The number of benzene rings is 2. The first-order valence-electron chi connectivity index (χ1n) is 8.18. The molecule has 0 bridgehead atoms. The monoisotopic (exact) mass is 353 g/mol.